The summed E-state index contributed by atoms with van der Waals surface area (Å²) in [7, 11) is 1.64. The van der Waals surface area contributed by atoms with Gasteiger partial charge in [0.2, 0.25) is 5.88 Å². The fourth-order valence-corrected chi connectivity index (χ4v) is 3.81. The lowest BCUT2D eigenvalue weighted by molar-refractivity contribution is 0.395. The molecule has 0 unspecified atom stereocenters. The van der Waals surface area contributed by atoms with E-state index in [4.69, 9.17) is 16.3 Å². The van der Waals surface area contributed by atoms with Crippen LogP contribution >= 0.6 is 11.6 Å². The summed E-state index contributed by atoms with van der Waals surface area (Å²) in [5.74, 6) is 2.49. The van der Waals surface area contributed by atoms with Crippen LogP contribution in [0.4, 0.5) is 11.6 Å². The van der Waals surface area contributed by atoms with Gasteiger partial charge in [0, 0.05) is 37.4 Å². The molecule has 1 aliphatic heterocycles. The van der Waals surface area contributed by atoms with Gasteiger partial charge in [0.05, 0.1) is 12.1 Å². The number of hydrogen-bond acceptors (Lipinski definition) is 6. The fraction of sp³-hybridized carbons (Fsp3) is 0.500. The molecule has 0 aromatic carbocycles. The maximum atomic E-state index is 6.30. The summed E-state index contributed by atoms with van der Waals surface area (Å²) >= 11 is 6.30. The van der Waals surface area contributed by atoms with Crippen LogP contribution in [0, 0.1) is 0 Å². The third kappa shape index (κ3) is 3.49. The number of ether oxygens (including phenoxy) is 1. The Bertz CT molecular complexity index is 731. The molecule has 2 aliphatic rings. The van der Waals surface area contributed by atoms with Crippen molar-refractivity contribution in [2.45, 2.75) is 37.8 Å². The number of methoxy groups -OCH3 is 1. The molecule has 2 fully saturated rings. The molecule has 0 bridgehead atoms. The SMILES string of the molecule is COc1cc(N(C2CC2)C2CCN(c3ncccc3Cl)CC2)ncn1. The van der Waals surface area contributed by atoms with E-state index in [0.717, 1.165) is 42.6 Å². The summed E-state index contributed by atoms with van der Waals surface area (Å²) in [4.78, 5) is 17.8. The first-order valence-corrected chi connectivity index (χ1v) is 9.14. The first-order chi connectivity index (χ1) is 12.3. The highest BCUT2D eigenvalue weighted by molar-refractivity contribution is 6.32. The second-order valence-corrected chi connectivity index (χ2v) is 6.99. The zero-order valence-corrected chi connectivity index (χ0v) is 15.1. The van der Waals surface area contributed by atoms with Gasteiger partial charge in [0.25, 0.3) is 0 Å². The van der Waals surface area contributed by atoms with Gasteiger partial charge < -0.3 is 14.5 Å². The zero-order chi connectivity index (χ0) is 17.2. The zero-order valence-electron chi connectivity index (χ0n) is 14.3. The molecule has 0 atom stereocenters. The Morgan fingerprint density at radius 2 is 1.88 bits per heavy atom. The molecule has 0 amide bonds. The predicted molar refractivity (Wildman–Crippen MR) is 98.6 cm³/mol. The molecule has 7 heteroatoms. The topological polar surface area (TPSA) is 54.4 Å². The van der Waals surface area contributed by atoms with Crippen LogP contribution in [0.1, 0.15) is 25.7 Å². The van der Waals surface area contributed by atoms with Crippen molar-refractivity contribution in [1.29, 1.82) is 0 Å². The number of nitrogens with zero attached hydrogens (tertiary/aromatic N) is 5. The Morgan fingerprint density at radius 1 is 1.12 bits per heavy atom. The largest absolute Gasteiger partial charge is 0.481 e. The Balaban J connectivity index is 1.49. The third-order valence-electron chi connectivity index (χ3n) is 4.94. The number of pyridine rings is 1. The quantitative estimate of drug-likeness (QED) is 0.817. The molecule has 1 aliphatic carbocycles. The number of piperidine rings is 1. The molecule has 1 saturated heterocycles. The summed E-state index contributed by atoms with van der Waals surface area (Å²) in [6.45, 7) is 1.90. The number of halogens is 1. The molecule has 0 spiro atoms. The van der Waals surface area contributed by atoms with Gasteiger partial charge in [0.15, 0.2) is 0 Å². The molecule has 6 nitrogen and oxygen atoms in total. The van der Waals surface area contributed by atoms with Crippen LogP contribution in [-0.2, 0) is 0 Å². The van der Waals surface area contributed by atoms with Crippen LogP contribution in [0.15, 0.2) is 30.7 Å². The van der Waals surface area contributed by atoms with E-state index in [2.05, 4.69) is 24.8 Å². The minimum absolute atomic E-state index is 0.478. The Kier molecular flexibility index (Phi) is 4.61. The van der Waals surface area contributed by atoms with Crippen LogP contribution in [-0.4, -0.2) is 47.2 Å². The summed E-state index contributed by atoms with van der Waals surface area (Å²) in [5, 5.41) is 0.723. The van der Waals surface area contributed by atoms with Gasteiger partial charge in [-0.15, -0.1) is 0 Å². The molecule has 132 valence electrons. The van der Waals surface area contributed by atoms with Crippen molar-refractivity contribution in [2.24, 2.45) is 0 Å². The van der Waals surface area contributed by atoms with Crippen LogP contribution < -0.4 is 14.5 Å². The Hall–Kier alpha value is -2.08. The molecule has 25 heavy (non-hydrogen) atoms. The molecule has 3 heterocycles. The lowest BCUT2D eigenvalue weighted by atomic mass is 10.0. The van der Waals surface area contributed by atoms with Crippen molar-refractivity contribution in [3.63, 3.8) is 0 Å². The maximum Gasteiger partial charge on any atom is 0.218 e. The van der Waals surface area contributed by atoms with Gasteiger partial charge in [-0.3, -0.25) is 0 Å². The summed E-state index contributed by atoms with van der Waals surface area (Å²) in [5.41, 5.74) is 0. The smallest absolute Gasteiger partial charge is 0.218 e. The number of aromatic nitrogens is 3. The van der Waals surface area contributed by atoms with Gasteiger partial charge in [-0.2, -0.15) is 0 Å². The van der Waals surface area contributed by atoms with E-state index in [1.54, 1.807) is 19.6 Å². The highest BCUT2D eigenvalue weighted by Gasteiger charge is 2.37. The third-order valence-corrected chi connectivity index (χ3v) is 5.23. The highest BCUT2D eigenvalue weighted by atomic mass is 35.5. The van der Waals surface area contributed by atoms with Crippen molar-refractivity contribution in [2.75, 3.05) is 30.0 Å². The second-order valence-electron chi connectivity index (χ2n) is 6.58. The van der Waals surface area contributed by atoms with Gasteiger partial charge >= 0.3 is 0 Å². The van der Waals surface area contributed by atoms with Crippen LogP contribution in [0.2, 0.25) is 5.02 Å². The standard InChI is InChI=1S/C18H22ClN5O/c1-25-17-11-16(21-12-22-17)24(13-4-5-13)14-6-9-23(10-7-14)18-15(19)3-2-8-20-18/h2-3,8,11-14H,4-7,9-10H2,1H3. The van der Waals surface area contributed by atoms with E-state index in [-0.39, 0.29) is 0 Å². The van der Waals surface area contributed by atoms with Gasteiger partial charge in [0.1, 0.15) is 18.0 Å². The molecule has 2 aromatic heterocycles. The molecule has 2 aromatic rings. The molecule has 0 radical (unpaired) electrons. The number of hydrogen-bond donors (Lipinski definition) is 0. The molecular formula is C18H22ClN5O. The minimum Gasteiger partial charge on any atom is -0.481 e. The van der Waals surface area contributed by atoms with Crippen molar-refractivity contribution in [3.05, 3.63) is 35.7 Å². The Morgan fingerprint density at radius 3 is 2.56 bits per heavy atom. The summed E-state index contributed by atoms with van der Waals surface area (Å²) < 4.78 is 5.27. The monoisotopic (exact) mass is 359 g/mol. The average Bonchev–Trinajstić information content (AvgIpc) is 3.48. The predicted octanol–water partition coefficient (Wildman–Crippen LogP) is 3.17. The first-order valence-electron chi connectivity index (χ1n) is 8.76. The van der Waals surface area contributed by atoms with Crippen LogP contribution in [0.5, 0.6) is 5.88 Å². The van der Waals surface area contributed by atoms with Crippen LogP contribution in [0.3, 0.4) is 0 Å². The number of rotatable bonds is 5. The molecule has 1 saturated carbocycles. The molecule has 0 N–H and O–H groups in total. The van der Waals surface area contributed by atoms with Crippen molar-refractivity contribution >= 4 is 23.2 Å². The average molecular weight is 360 g/mol. The van der Waals surface area contributed by atoms with E-state index in [9.17, 15) is 0 Å². The van der Waals surface area contributed by atoms with E-state index in [1.165, 1.54) is 12.8 Å². The van der Waals surface area contributed by atoms with Crippen LogP contribution in [0.25, 0.3) is 0 Å². The van der Waals surface area contributed by atoms with E-state index in [1.807, 2.05) is 18.2 Å². The van der Waals surface area contributed by atoms with Crippen molar-refractivity contribution in [1.82, 2.24) is 15.0 Å². The lowest BCUT2D eigenvalue weighted by Gasteiger charge is -2.40. The van der Waals surface area contributed by atoms with E-state index < -0.39 is 0 Å². The molecule has 4 rings (SSSR count). The number of anilines is 2. The maximum absolute atomic E-state index is 6.30. The van der Waals surface area contributed by atoms with E-state index in [0.29, 0.717) is 18.0 Å². The normalized spacial score (nSPS) is 18.2. The minimum atomic E-state index is 0.478. The van der Waals surface area contributed by atoms with E-state index >= 15 is 0 Å². The second kappa shape index (κ2) is 7.04. The van der Waals surface area contributed by atoms with Gasteiger partial charge in [-0.05, 0) is 37.8 Å². The van der Waals surface area contributed by atoms with Crippen molar-refractivity contribution in [3.8, 4) is 5.88 Å². The summed E-state index contributed by atoms with van der Waals surface area (Å²) in [6.07, 6.45) is 7.99. The highest BCUT2D eigenvalue weighted by Crippen LogP contribution is 2.36. The fourth-order valence-electron chi connectivity index (χ4n) is 3.57. The Labute approximate surface area is 152 Å². The first kappa shape index (κ1) is 16.4. The summed E-state index contributed by atoms with van der Waals surface area (Å²) in [6, 6.07) is 6.79. The molecular weight excluding hydrogens is 338 g/mol. The lowest BCUT2D eigenvalue weighted by Crippen LogP contribution is -2.46. The van der Waals surface area contributed by atoms with Crippen molar-refractivity contribution < 1.29 is 4.74 Å². The van der Waals surface area contributed by atoms with Gasteiger partial charge in [-0.1, -0.05) is 11.6 Å². The van der Waals surface area contributed by atoms with Gasteiger partial charge in [-0.25, -0.2) is 15.0 Å².